The molecule has 0 fully saturated rings. The predicted octanol–water partition coefficient (Wildman–Crippen LogP) is 3.24. The fraction of sp³-hybridized carbons (Fsp3) is 0.200. The van der Waals surface area contributed by atoms with Crippen molar-refractivity contribution in [1.82, 2.24) is 0 Å². The summed E-state index contributed by atoms with van der Waals surface area (Å²) in [5.41, 5.74) is 2.35. The smallest absolute Gasteiger partial charge is 0.175 e. The zero-order chi connectivity index (χ0) is 13.2. The van der Waals surface area contributed by atoms with Crippen LogP contribution in [0.3, 0.4) is 0 Å². The summed E-state index contributed by atoms with van der Waals surface area (Å²) in [6.07, 6.45) is 1.22. The van der Waals surface area contributed by atoms with Crippen molar-refractivity contribution in [3.05, 3.63) is 65.7 Å². The highest BCUT2D eigenvalue weighted by Crippen LogP contribution is 2.24. The van der Waals surface area contributed by atoms with Gasteiger partial charge in [-0.1, -0.05) is 49.4 Å². The summed E-state index contributed by atoms with van der Waals surface area (Å²) >= 11 is 0. The van der Waals surface area contributed by atoms with E-state index >= 15 is 0 Å². The molecular formula is C15H16O2S. The van der Waals surface area contributed by atoms with E-state index in [0.29, 0.717) is 4.90 Å². The summed E-state index contributed by atoms with van der Waals surface area (Å²) in [5.74, 6) is 0.264. The van der Waals surface area contributed by atoms with Gasteiger partial charge in [0.05, 0.1) is 4.90 Å². The summed E-state index contributed by atoms with van der Waals surface area (Å²) in [5, 5.41) is 0. The first-order valence-electron chi connectivity index (χ1n) is 5.83. The Bertz CT molecular complexity index is 613. The topological polar surface area (TPSA) is 34.1 Å². The first kappa shape index (κ1) is 12.8. The van der Waals surface area contributed by atoms with E-state index in [9.17, 15) is 8.42 Å². The molecule has 0 aromatic heterocycles. The van der Waals surface area contributed by atoms with Crippen LogP contribution < -0.4 is 0 Å². The third-order valence-electron chi connectivity index (χ3n) is 3.11. The monoisotopic (exact) mass is 260 g/mol. The van der Waals surface area contributed by atoms with Crippen molar-refractivity contribution in [2.24, 2.45) is 0 Å². The maximum Gasteiger partial charge on any atom is 0.175 e. The summed E-state index contributed by atoms with van der Waals surface area (Å²) in [7, 11) is -3.11. The molecule has 2 rings (SSSR count). The lowest BCUT2D eigenvalue weighted by Crippen LogP contribution is -1.99. The molecule has 2 nitrogen and oxygen atoms in total. The van der Waals surface area contributed by atoms with E-state index < -0.39 is 9.84 Å². The molecule has 0 saturated heterocycles. The predicted molar refractivity (Wildman–Crippen MR) is 73.5 cm³/mol. The Morgan fingerprint density at radius 2 is 1.33 bits per heavy atom. The van der Waals surface area contributed by atoms with Crippen molar-refractivity contribution >= 4 is 9.84 Å². The molecule has 2 aromatic rings. The number of benzene rings is 2. The average molecular weight is 260 g/mol. The maximum atomic E-state index is 11.4. The number of hydrogen-bond donors (Lipinski definition) is 0. The van der Waals surface area contributed by atoms with Gasteiger partial charge in [-0.3, -0.25) is 0 Å². The molecule has 3 heteroatoms. The van der Waals surface area contributed by atoms with Crippen LogP contribution in [0.15, 0.2) is 59.5 Å². The van der Waals surface area contributed by atoms with Gasteiger partial charge in [-0.25, -0.2) is 8.42 Å². The number of rotatable bonds is 3. The Labute approximate surface area is 108 Å². The fourth-order valence-corrected chi connectivity index (χ4v) is 2.57. The quantitative estimate of drug-likeness (QED) is 0.849. The van der Waals surface area contributed by atoms with Crippen molar-refractivity contribution in [3.8, 4) is 0 Å². The Hall–Kier alpha value is -1.61. The highest BCUT2D eigenvalue weighted by molar-refractivity contribution is 7.90. The lowest BCUT2D eigenvalue weighted by molar-refractivity contribution is 0.602. The molecule has 0 aliphatic heterocycles. The third kappa shape index (κ3) is 2.79. The zero-order valence-electron chi connectivity index (χ0n) is 10.5. The van der Waals surface area contributed by atoms with Gasteiger partial charge >= 0.3 is 0 Å². The van der Waals surface area contributed by atoms with E-state index in [4.69, 9.17) is 0 Å². The molecule has 94 valence electrons. The molecule has 0 aliphatic carbocycles. The standard InChI is InChI=1S/C15H16O2S/c1-12(13-6-4-3-5-7-13)14-8-10-15(11-9-14)18(2,16)17/h3-12H,1-2H3/t12-/m1/s1. The molecule has 0 unspecified atom stereocenters. The third-order valence-corrected chi connectivity index (χ3v) is 4.24. The van der Waals surface area contributed by atoms with Crippen LogP contribution in [-0.2, 0) is 9.84 Å². The van der Waals surface area contributed by atoms with Crippen LogP contribution in [-0.4, -0.2) is 14.7 Å². The highest BCUT2D eigenvalue weighted by Gasteiger charge is 2.10. The van der Waals surface area contributed by atoms with Crippen molar-refractivity contribution in [2.75, 3.05) is 6.26 Å². The van der Waals surface area contributed by atoms with E-state index in [1.807, 2.05) is 30.3 Å². The van der Waals surface area contributed by atoms with Crippen LogP contribution in [0.2, 0.25) is 0 Å². The summed E-state index contributed by atoms with van der Waals surface area (Å²) in [4.78, 5) is 0.367. The van der Waals surface area contributed by atoms with Crippen molar-refractivity contribution in [1.29, 1.82) is 0 Å². The van der Waals surface area contributed by atoms with E-state index in [-0.39, 0.29) is 5.92 Å². The molecule has 0 radical (unpaired) electrons. The first-order valence-corrected chi connectivity index (χ1v) is 7.72. The molecule has 0 saturated carbocycles. The molecule has 0 heterocycles. The minimum atomic E-state index is -3.11. The van der Waals surface area contributed by atoms with Gasteiger partial charge in [0, 0.05) is 12.2 Å². The van der Waals surface area contributed by atoms with Crippen molar-refractivity contribution in [3.63, 3.8) is 0 Å². The van der Waals surface area contributed by atoms with Gasteiger partial charge in [0.1, 0.15) is 0 Å². The van der Waals surface area contributed by atoms with Gasteiger partial charge in [0.15, 0.2) is 9.84 Å². The molecular weight excluding hydrogens is 244 g/mol. The zero-order valence-corrected chi connectivity index (χ0v) is 11.3. The molecule has 0 amide bonds. The van der Waals surface area contributed by atoms with Crippen LogP contribution in [0, 0.1) is 0 Å². The van der Waals surface area contributed by atoms with Crippen LogP contribution in [0.1, 0.15) is 24.0 Å². The van der Waals surface area contributed by atoms with E-state index in [1.165, 1.54) is 11.8 Å². The van der Waals surface area contributed by atoms with Crippen LogP contribution in [0.25, 0.3) is 0 Å². The van der Waals surface area contributed by atoms with Gasteiger partial charge in [-0.2, -0.15) is 0 Å². The van der Waals surface area contributed by atoms with Gasteiger partial charge in [0.25, 0.3) is 0 Å². The number of hydrogen-bond acceptors (Lipinski definition) is 2. The lowest BCUT2D eigenvalue weighted by Gasteiger charge is -2.12. The van der Waals surface area contributed by atoms with E-state index in [1.54, 1.807) is 12.1 Å². The summed E-state index contributed by atoms with van der Waals surface area (Å²) in [6, 6.07) is 17.3. The molecule has 2 aromatic carbocycles. The fourth-order valence-electron chi connectivity index (χ4n) is 1.94. The second-order valence-corrected chi connectivity index (χ2v) is 6.49. The van der Waals surface area contributed by atoms with E-state index in [2.05, 4.69) is 19.1 Å². The van der Waals surface area contributed by atoms with Crippen molar-refractivity contribution < 1.29 is 8.42 Å². The maximum absolute atomic E-state index is 11.4. The van der Waals surface area contributed by atoms with Crippen LogP contribution >= 0.6 is 0 Å². The second-order valence-electron chi connectivity index (χ2n) is 4.47. The van der Waals surface area contributed by atoms with E-state index in [0.717, 1.165) is 5.56 Å². The van der Waals surface area contributed by atoms with Gasteiger partial charge in [0.2, 0.25) is 0 Å². The Morgan fingerprint density at radius 1 is 0.833 bits per heavy atom. The van der Waals surface area contributed by atoms with Crippen molar-refractivity contribution in [2.45, 2.75) is 17.7 Å². The average Bonchev–Trinajstić information content (AvgIpc) is 2.38. The molecule has 0 spiro atoms. The summed E-state index contributed by atoms with van der Waals surface area (Å²) < 4.78 is 22.8. The molecule has 0 aliphatic rings. The van der Waals surface area contributed by atoms with Gasteiger partial charge < -0.3 is 0 Å². The minimum absolute atomic E-state index is 0.264. The summed E-state index contributed by atoms with van der Waals surface area (Å²) in [6.45, 7) is 2.12. The molecule has 1 atom stereocenters. The normalized spacial score (nSPS) is 13.2. The second kappa shape index (κ2) is 4.94. The molecule has 0 bridgehead atoms. The molecule has 0 N–H and O–H groups in total. The lowest BCUT2D eigenvalue weighted by atomic mass is 9.93. The Kier molecular flexibility index (Phi) is 3.53. The first-order chi connectivity index (χ1) is 8.48. The largest absolute Gasteiger partial charge is 0.224 e. The van der Waals surface area contributed by atoms with Gasteiger partial charge in [-0.05, 0) is 23.3 Å². The highest BCUT2D eigenvalue weighted by atomic mass is 32.2. The number of sulfone groups is 1. The minimum Gasteiger partial charge on any atom is -0.224 e. The van der Waals surface area contributed by atoms with Gasteiger partial charge in [-0.15, -0.1) is 0 Å². The molecule has 18 heavy (non-hydrogen) atoms. The van der Waals surface area contributed by atoms with Crippen LogP contribution in [0.5, 0.6) is 0 Å². The SMILES string of the molecule is C[C@H](c1ccccc1)c1ccc(S(C)(=O)=O)cc1. The Balaban J connectivity index is 2.31. The Morgan fingerprint density at radius 3 is 1.83 bits per heavy atom. The van der Waals surface area contributed by atoms with Crippen LogP contribution in [0.4, 0.5) is 0 Å².